The van der Waals surface area contributed by atoms with E-state index in [-0.39, 0.29) is 35.8 Å². The number of benzene rings is 1. The van der Waals surface area contributed by atoms with Crippen molar-refractivity contribution in [1.29, 1.82) is 0 Å². The van der Waals surface area contributed by atoms with E-state index in [9.17, 15) is 14.4 Å². The van der Waals surface area contributed by atoms with Gasteiger partial charge in [0.2, 0.25) is 5.91 Å². The zero-order valence-electron chi connectivity index (χ0n) is 19.9. The second-order valence-electron chi connectivity index (χ2n) is 10.5. The molecular formula is C26H36N4O3. The fourth-order valence-electron chi connectivity index (χ4n) is 6.50. The van der Waals surface area contributed by atoms with Gasteiger partial charge >= 0.3 is 6.03 Å². The van der Waals surface area contributed by atoms with Gasteiger partial charge in [0, 0.05) is 43.8 Å². The van der Waals surface area contributed by atoms with E-state index in [1.807, 2.05) is 52.8 Å². The fraction of sp³-hybridized carbons (Fsp3) is 0.654. The standard InChI is InChI=1S/C26H36N4O3/c1-18(2)30-23(31)21-11-6-5-10-20(21)22(24(32)28-14-7-15-28)26(30)12-16-29(17-13-26)25(33)27-19-8-3-4-9-19/h5-6,10-11,18-19,22H,3-4,7-9,12-17H2,1-2H3,(H,27,33). The van der Waals surface area contributed by atoms with Gasteiger partial charge < -0.3 is 20.0 Å². The van der Waals surface area contributed by atoms with E-state index >= 15 is 0 Å². The van der Waals surface area contributed by atoms with Crippen LogP contribution in [0.3, 0.4) is 0 Å². The zero-order chi connectivity index (χ0) is 23.2. The lowest BCUT2D eigenvalue weighted by atomic mass is 9.66. The van der Waals surface area contributed by atoms with E-state index in [1.54, 1.807) is 0 Å². The van der Waals surface area contributed by atoms with Crippen LogP contribution in [0.4, 0.5) is 4.79 Å². The average molecular weight is 453 g/mol. The number of carbonyl (C=O) groups excluding carboxylic acids is 3. The third-order valence-corrected chi connectivity index (χ3v) is 8.27. The molecule has 5 rings (SSSR count). The maximum absolute atomic E-state index is 13.8. The number of piperidine rings is 1. The molecule has 0 radical (unpaired) electrons. The van der Waals surface area contributed by atoms with Gasteiger partial charge in [0.25, 0.3) is 5.91 Å². The summed E-state index contributed by atoms with van der Waals surface area (Å²) in [6.45, 7) is 6.77. The van der Waals surface area contributed by atoms with Crippen molar-refractivity contribution >= 4 is 17.8 Å². The maximum atomic E-state index is 13.8. The van der Waals surface area contributed by atoms with Crippen LogP contribution in [0.15, 0.2) is 24.3 Å². The molecule has 3 fully saturated rings. The SMILES string of the molecule is CC(C)N1C(=O)c2ccccc2C(C(=O)N2CCC2)C12CCN(C(=O)NC1CCCC1)CC2. The lowest BCUT2D eigenvalue weighted by molar-refractivity contribution is -0.142. The normalized spacial score (nSPS) is 24.8. The summed E-state index contributed by atoms with van der Waals surface area (Å²) in [6, 6.07) is 7.90. The summed E-state index contributed by atoms with van der Waals surface area (Å²) in [7, 11) is 0. The Bertz CT molecular complexity index is 927. The molecule has 4 amide bonds. The summed E-state index contributed by atoms with van der Waals surface area (Å²) in [5, 5.41) is 3.20. The van der Waals surface area contributed by atoms with Crippen molar-refractivity contribution in [3.8, 4) is 0 Å². The Hall–Kier alpha value is -2.57. The topological polar surface area (TPSA) is 73.0 Å². The Morgan fingerprint density at radius 1 is 0.970 bits per heavy atom. The molecule has 178 valence electrons. The van der Waals surface area contributed by atoms with Crippen LogP contribution in [0.1, 0.15) is 80.6 Å². The van der Waals surface area contributed by atoms with Gasteiger partial charge in [0.15, 0.2) is 0 Å². The molecule has 7 nitrogen and oxygen atoms in total. The Labute approximate surface area is 196 Å². The summed E-state index contributed by atoms with van der Waals surface area (Å²) in [6.07, 6.45) is 6.75. The van der Waals surface area contributed by atoms with Gasteiger partial charge in [-0.15, -0.1) is 0 Å². The second-order valence-corrected chi connectivity index (χ2v) is 10.5. The lowest BCUT2D eigenvalue weighted by Gasteiger charge is -2.57. The molecule has 1 saturated carbocycles. The third-order valence-electron chi connectivity index (χ3n) is 8.27. The molecule has 1 N–H and O–H groups in total. The molecule has 33 heavy (non-hydrogen) atoms. The van der Waals surface area contributed by atoms with Crippen molar-refractivity contribution in [2.75, 3.05) is 26.2 Å². The number of fused-ring (bicyclic) bond motifs is 1. The number of nitrogens with one attached hydrogen (secondary N) is 1. The van der Waals surface area contributed by atoms with Crippen molar-refractivity contribution in [1.82, 2.24) is 20.0 Å². The highest BCUT2D eigenvalue weighted by Crippen LogP contribution is 2.49. The average Bonchev–Trinajstić information content (AvgIpc) is 3.26. The molecule has 3 aliphatic heterocycles. The van der Waals surface area contributed by atoms with Gasteiger partial charge in [-0.05, 0) is 57.6 Å². The monoisotopic (exact) mass is 452 g/mol. The van der Waals surface area contributed by atoms with Gasteiger partial charge in [0.05, 0.1) is 11.5 Å². The number of hydrogen-bond acceptors (Lipinski definition) is 3. The summed E-state index contributed by atoms with van der Waals surface area (Å²) < 4.78 is 0. The molecule has 7 heteroatoms. The molecule has 1 atom stereocenters. The van der Waals surface area contributed by atoms with E-state index in [1.165, 1.54) is 12.8 Å². The van der Waals surface area contributed by atoms with Crippen molar-refractivity contribution in [3.63, 3.8) is 0 Å². The second kappa shape index (κ2) is 8.65. The summed E-state index contributed by atoms with van der Waals surface area (Å²) >= 11 is 0. The van der Waals surface area contributed by atoms with E-state index < -0.39 is 5.54 Å². The smallest absolute Gasteiger partial charge is 0.317 e. The summed E-state index contributed by atoms with van der Waals surface area (Å²) in [5.41, 5.74) is 0.911. The van der Waals surface area contributed by atoms with E-state index in [0.29, 0.717) is 31.5 Å². The van der Waals surface area contributed by atoms with Gasteiger partial charge in [-0.25, -0.2) is 4.79 Å². The Kier molecular flexibility index (Phi) is 5.83. The van der Waals surface area contributed by atoms with Crippen LogP contribution in [0, 0.1) is 0 Å². The van der Waals surface area contributed by atoms with Gasteiger partial charge in [0.1, 0.15) is 0 Å². The Morgan fingerprint density at radius 2 is 1.64 bits per heavy atom. The Balaban J connectivity index is 1.47. The van der Waals surface area contributed by atoms with Crippen LogP contribution >= 0.6 is 0 Å². The number of carbonyl (C=O) groups is 3. The number of hydrogen-bond donors (Lipinski definition) is 1. The van der Waals surface area contributed by atoms with Crippen LogP contribution in [0.25, 0.3) is 0 Å². The molecule has 2 saturated heterocycles. The molecular weight excluding hydrogens is 416 g/mol. The predicted octanol–water partition coefficient (Wildman–Crippen LogP) is 3.35. The highest BCUT2D eigenvalue weighted by atomic mass is 16.2. The first-order valence-corrected chi connectivity index (χ1v) is 12.7. The van der Waals surface area contributed by atoms with Crippen molar-refractivity contribution in [3.05, 3.63) is 35.4 Å². The van der Waals surface area contributed by atoms with Crippen LogP contribution in [0.2, 0.25) is 0 Å². The van der Waals surface area contributed by atoms with Crippen LogP contribution < -0.4 is 5.32 Å². The van der Waals surface area contributed by atoms with Gasteiger partial charge in [-0.3, -0.25) is 9.59 Å². The third kappa shape index (κ3) is 3.69. The first kappa shape index (κ1) is 22.2. The molecule has 0 aromatic heterocycles. The van der Waals surface area contributed by atoms with Crippen molar-refractivity contribution < 1.29 is 14.4 Å². The summed E-state index contributed by atoms with van der Waals surface area (Å²) in [4.78, 5) is 46.3. The molecule has 1 unspecified atom stereocenters. The van der Waals surface area contributed by atoms with Crippen LogP contribution in [0.5, 0.6) is 0 Å². The first-order valence-electron chi connectivity index (χ1n) is 12.7. The fourth-order valence-corrected chi connectivity index (χ4v) is 6.50. The quantitative estimate of drug-likeness (QED) is 0.764. The largest absolute Gasteiger partial charge is 0.342 e. The molecule has 1 aliphatic carbocycles. The molecule has 1 spiro atoms. The van der Waals surface area contributed by atoms with Crippen molar-refractivity contribution in [2.24, 2.45) is 0 Å². The molecule has 3 heterocycles. The van der Waals surface area contributed by atoms with Crippen molar-refractivity contribution in [2.45, 2.75) is 82.3 Å². The lowest BCUT2D eigenvalue weighted by Crippen LogP contribution is -2.68. The molecule has 1 aromatic rings. The number of likely N-dealkylation sites (tertiary alicyclic amines) is 2. The minimum Gasteiger partial charge on any atom is -0.342 e. The summed E-state index contributed by atoms with van der Waals surface area (Å²) in [5.74, 6) is -0.234. The maximum Gasteiger partial charge on any atom is 0.317 e. The number of amides is 4. The molecule has 0 bridgehead atoms. The van der Waals surface area contributed by atoms with E-state index in [2.05, 4.69) is 5.32 Å². The number of rotatable bonds is 3. The van der Waals surface area contributed by atoms with E-state index in [4.69, 9.17) is 0 Å². The molecule has 1 aromatic carbocycles. The van der Waals surface area contributed by atoms with Gasteiger partial charge in [-0.1, -0.05) is 31.0 Å². The first-order chi connectivity index (χ1) is 15.9. The number of nitrogens with zero attached hydrogens (tertiary/aromatic N) is 3. The molecule has 4 aliphatic rings. The highest BCUT2D eigenvalue weighted by Gasteiger charge is 2.57. The Morgan fingerprint density at radius 3 is 2.24 bits per heavy atom. The minimum atomic E-state index is -0.601. The zero-order valence-corrected chi connectivity index (χ0v) is 19.9. The van der Waals surface area contributed by atoms with Crippen LogP contribution in [-0.2, 0) is 4.79 Å². The predicted molar refractivity (Wildman–Crippen MR) is 126 cm³/mol. The highest BCUT2D eigenvalue weighted by molar-refractivity contribution is 6.02. The van der Waals surface area contributed by atoms with Crippen LogP contribution in [-0.4, -0.2) is 76.3 Å². The van der Waals surface area contributed by atoms with Gasteiger partial charge in [-0.2, -0.15) is 0 Å². The number of urea groups is 1. The minimum absolute atomic E-state index is 0.000928. The van der Waals surface area contributed by atoms with E-state index in [0.717, 1.165) is 37.9 Å².